The molecule has 2 aliphatic heterocycles. The summed E-state index contributed by atoms with van der Waals surface area (Å²) in [5, 5.41) is 10.0. The molecule has 4 nitrogen and oxygen atoms in total. The molecule has 1 saturated heterocycles. The van der Waals surface area contributed by atoms with Gasteiger partial charge in [0.2, 0.25) is 0 Å². The van der Waals surface area contributed by atoms with Crippen LogP contribution in [-0.4, -0.2) is 43.4 Å². The van der Waals surface area contributed by atoms with Crippen LogP contribution in [0.5, 0.6) is 11.5 Å². The topological polar surface area (TPSA) is 41.9 Å². The zero-order valence-electron chi connectivity index (χ0n) is 14.1. The second-order valence-electron chi connectivity index (χ2n) is 7.39. The van der Waals surface area contributed by atoms with Crippen molar-refractivity contribution in [3.63, 3.8) is 0 Å². The molecule has 3 aliphatic rings. The maximum atomic E-state index is 10.0. The van der Waals surface area contributed by atoms with Gasteiger partial charge in [0.1, 0.15) is 0 Å². The lowest BCUT2D eigenvalue weighted by Gasteiger charge is -2.49. The normalized spacial score (nSPS) is 33.3. The first-order valence-electron chi connectivity index (χ1n) is 8.86. The van der Waals surface area contributed by atoms with E-state index in [1.165, 1.54) is 30.5 Å². The fourth-order valence-electron chi connectivity index (χ4n) is 4.99. The molecule has 4 heteroatoms. The van der Waals surface area contributed by atoms with E-state index in [0.29, 0.717) is 12.0 Å². The van der Waals surface area contributed by atoms with Crippen molar-refractivity contribution < 1.29 is 14.6 Å². The number of piperidine rings is 1. The third-order valence-electron chi connectivity index (χ3n) is 6.22. The summed E-state index contributed by atoms with van der Waals surface area (Å²) in [4.78, 5) is 2.66. The Labute approximate surface area is 138 Å². The second-order valence-corrected chi connectivity index (χ2v) is 7.39. The molecule has 0 bridgehead atoms. The van der Waals surface area contributed by atoms with Crippen molar-refractivity contribution in [2.24, 2.45) is 11.8 Å². The van der Waals surface area contributed by atoms with Crippen LogP contribution < -0.4 is 9.47 Å². The largest absolute Gasteiger partial charge is 0.493 e. The molecule has 1 aromatic carbocycles. The lowest BCUT2D eigenvalue weighted by Crippen LogP contribution is -2.48. The molecule has 2 fully saturated rings. The minimum Gasteiger partial charge on any atom is -0.493 e. The third-order valence-corrected chi connectivity index (χ3v) is 6.22. The number of fused-ring (bicyclic) bond motifs is 4. The third kappa shape index (κ3) is 2.62. The maximum absolute atomic E-state index is 10.0. The Kier molecular flexibility index (Phi) is 3.98. The van der Waals surface area contributed by atoms with Gasteiger partial charge in [0.15, 0.2) is 11.5 Å². The highest BCUT2D eigenvalue weighted by molar-refractivity contribution is 5.49. The number of hydrogen-bond acceptors (Lipinski definition) is 4. The number of methoxy groups -OCH3 is 2. The number of nitrogens with zero attached hydrogens (tertiary/aromatic N) is 1. The first-order chi connectivity index (χ1) is 11.2. The highest BCUT2D eigenvalue weighted by Gasteiger charge is 2.41. The number of aliphatic hydroxyl groups is 1. The van der Waals surface area contributed by atoms with Gasteiger partial charge in [0, 0.05) is 19.1 Å². The molecule has 2 heterocycles. The van der Waals surface area contributed by atoms with Gasteiger partial charge in [-0.1, -0.05) is 0 Å². The summed E-state index contributed by atoms with van der Waals surface area (Å²) in [6, 6.07) is 4.82. The molecule has 0 amide bonds. The van der Waals surface area contributed by atoms with Gasteiger partial charge in [-0.15, -0.1) is 0 Å². The van der Waals surface area contributed by atoms with Gasteiger partial charge in [0.25, 0.3) is 0 Å². The molecule has 4 rings (SSSR count). The predicted octanol–water partition coefficient (Wildman–Crippen LogP) is 2.78. The number of ether oxygens (including phenoxy) is 2. The Hall–Kier alpha value is -1.26. The van der Waals surface area contributed by atoms with Gasteiger partial charge in [-0.3, -0.25) is 4.90 Å². The standard InChI is InChI=1S/C19H27NO3/c1-22-18-9-12-5-6-20-11-13-3-4-15(21)7-14(13)8-17(20)16(12)10-19(18)23-2/h9-10,13-15,17,21H,3-8,11H2,1-2H3/t13-,14+,15-,17+/m1/s1. The van der Waals surface area contributed by atoms with Crippen LogP contribution >= 0.6 is 0 Å². The molecular formula is C19H27NO3. The monoisotopic (exact) mass is 317 g/mol. The zero-order valence-corrected chi connectivity index (χ0v) is 14.1. The number of benzene rings is 1. The Balaban J connectivity index is 1.65. The van der Waals surface area contributed by atoms with Crippen LogP contribution in [-0.2, 0) is 6.42 Å². The maximum Gasteiger partial charge on any atom is 0.161 e. The summed E-state index contributed by atoms with van der Waals surface area (Å²) in [7, 11) is 3.41. The summed E-state index contributed by atoms with van der Waals surface area (Å²) < 4.78 is 11.0. The average Bonchev–Trinajstić information content (AvgIpc) is 2.58. The Morgan fingerprint density at radius 3 is 2.61 bits per heavy atom. The zero-order chi connectivity index (χ0) is 16.0. The minimum absolute atomic E-state index is 0.0868. The van der Waals surface area contributed by atoms with E-state index in [0.717, 1.165) is 43.2 Å². The van der Waals surface area contributed by atoms with E-state index in [1.807, 2.05) is 0 Å². The van der Waals surface area contributed by atoms with Crippen LogP contribution in [0.4, 0.5) is 0 Å². The van der Waals surface area contributed by atoms with Crippen molar-refractivity contribution in [1.29, 1.82) is 0 Å². The smallest absolute Gasteiger partial charge is 0.161 e. The molecule has 1 saturated carbocycles. The first-order valence-corrected chi connectivity index (χ1v) is 8.86. The minimum atomic E-state index is -0.0868. The van der Waals surface area contributed by atoms with Crippen molar-refractivity contribution in [3.05, 3.63) is 23.3 Å². The van der Waals surface area contributed by atoms with Crippen LogP contribution in [0.15, 0.2) is 12.1 Å². The lowest BCUT2D eigenvalue weighted by molar-refractivity contribution is -0.00987. The van der Waals surface area contributed by atoms with Gasteiger partial charge in [-0.25, -0.2) is 0 Å². The van der Waals surface area contributed by atoms with E-state index in [1.54, 1.807) is 14.2 Å². The molecule has 1 N–H and O–H groups in total. The molecule has 1 aliphatic carbocycles. The summed E-state index contributed by atoms with van der Waals surface area (Å²) in [5.74, 6) is 3.11. The fourth-order valence-corrected chi connectivity index (χ4v) is 4.99. The van der Waals surface area contributed by atoms with Gasteiger partial charge in [-0.05, 0) is 67.2 Å². The molecule has 0 spiro atoms. The summed E-state index contributed by atoms with van der Waals surface area (Å²) >= 11 is 0. The summed E-state index contributed by atoms with van der Waals surface area (Å²) in [6.45, 7) is 2.33. The van der Waals surface area contributed by atoms with E-state index in [-0.39, 0.29) is 6.10 Å². The van der Waals surface area contributed by atoms with Crippen molar-refractivity contribution >= 4 is 0 Å². The van der Waals surface area contributed by atoms with E-state index in [4.69, 9.17) is 9.47 Å². The highest BCUT2D eigenvalue weighted by Crippen LogP contribution is 2.47. The number of aliphatic hydroxyl groups excluding tert-OH is 1. The van der Waals surface area contributed by atoms with E-state index >= 15 is 0 Å². The van der Waals surface area contributed by atoms with Gasteiger partial charge in [-0.2, -0.15) is 0 Å². The molecule has 4 atom stereocenters. The fraction of sp³-hybridized carbons (Fsp3) is 0.684. The highest BCUT2D eigenvalue weighted by atomic mass is 16.5. The Morgan fingerprint density at radius 2 is 1.83 bits per heavy atom. The Bertz CT molecular complexity index is 588. The molecule has 0 aromatic heterocycles. The first kappa shape index (κ1) is 15.3. The van der Waals surface area contributed by atoms with Crippen LogP contribution in [0.2, 0.25) is 0 Å². The molecule has 23 heavy (non-hydrogen) atoms. The van der Waals surface area contributed by atoms with Crippen LogP contribution in [0.1, 0.15) is 42.9 Å². The van der Waals surface area contributed by atoms with Crippen molar-refractivity contribution in [1.82, 2.24) is 4.90 Å². The van der Waals surface area contributed by atoms with E-state index in [2.05, 4.69) is 17.0 Å². The molecular weight excluding hydrogens is 290 g/mol. The van der Waals surface area contributed by atoms with Gasteiger partial charge in [0.05, 0.1) is 20.3 Å². The molecule has 1 aromatic rings. The molecule has 0 radical (unpaired) electrons. The van der Waals surface area contributed by atoms with Crippen molar-refractivity contribution in [2.45, 2.75) is 44.2 Å². The van der Waals surface area contributed by atoms with E-state index < -0.39 is 0 Å². The Morgan fingerprint density at radius 1 is 1.04 bits per heavy atom. The van der Waals surface area contributed by atoms with Gasteiger partial charge >= 0.3 is 0 Å². The van der Waals surface area contributed by atoms with Crippen molar-refractivity contribution in [3.8, 4) is 11.5 Å². The molecule has 0 unspecified atom stereocenters. The quantitative estimate of drug-likeness (QED) is 0.911. The van der Waals surface area contributed by atoms with Crippen molar-refractivity contribution in [2.75, 3.05) is 27.3 Å². The molecule has 126 valence electrons. The lowest BCUT2D eigenvalue weighted by atomic mass is 9.69. The SMILES string of the molecule is COc1cc2c(cc1OC)[C@@H]1C[C@@H]3C[C@H](O)CC[C@@H]3CN1CC2. The number of rotatable bonds is 2. The van der Waals surface area contributed by atoms with E-state index in [9.17, 15) is 5.11 Å². The van der Waals surface area contributed by atoms with Crippen LogP contribution in [0.25, 0.3) is 0 Å². The second kappa shape index (κ2) is 5.99. The number of hydrogen-bond donors (Lipinski definition) is 1. The predicted molar refractivity (Wildman–Crippen MR) is 89.0 cm³/mol. The average molecular weight is 317 g/mol. The van der Waals surface area contributed by atoms with Gasteiger partial charge < -0.3 is 14.6 Å². The summed E-state index contributed by atoms with van der Waals surface area (Å²) in [6.07, 6.45) is 5.33. The summed E-state index contributed by atoms with van der Waals surface area (Å²) in [5.41, 5.74) is 2.81. The van der Waals surface area contributed by atoms with Crippen LogP contribution in [0.3, 0.4) is 0 Å². The van der Waals surface area contributed by atoms with Crippen LogP contribution in [0, 0.1) is 11.8 Å².